The molecule has 1 unspecified atom stereocenters. The molecule has 0 radical (unpaired) electrons. The van der Waals surface area contributed by atoms with Crippen molar-refractivity contribution in [1.82, 2.24) is 10.3 Å². The Labute approximate surface area is 173 Å². The Hall–Kier alpha value is -3.87. The van der Waals surface area contributed by atoms with Gasteiger partial charge in [0.25, 0.3) is 5.91 Å². The SMILES string of the molecule is COc1ccc2c(c1)C(=O)NC(Cc1ccc(-c3cc[nH]c(=O)c3)cc1)C(=O)N2C. The van der Waals surface area contributed by atoms with Crippen LogP contribution in [0, 0.1) is 0 Å². The Morgan fingerprint density at radius 2 is 1.73 bits per heavy atom. The minimum atomic E-state index is -0.689. The third kappa shape index (κ3) is 3.69. The van der Waals surface area contributed by atoms with E-state index in [1.165, 1.54) is 18.1 Å². The van der Waals surface area contributed by atoms with Crippen molar-refractivity contribution in [1.29, 1.82) is 0 Å². The summed E-state index contributed by atoms with van der Waals surface area (Å²) in [6.45, 7) is 0. The van der Waals surface area contributed by atoms with E-state index in [-0.39, 0.29) is 17.4 Å². The van der Waals surface area contributed by atoms with Crippen molar-refractivity contribution < 1.29 is 14.3 Å². The Bertz CT molecular complexity index is 1170. The van der Waals surface area contributed by atoms with Crippen LogP contribution in [-0.2, 0) is 11.2 Å². The summed E-state index contributed by atoms with van der Waals surface area (Å²) in [4.78, 5) is 41.3. The van der Waals surface area contributed by atoms with E-state index < -0.39 is 6.04 Å². The van der Waals surface area contributed by atoms with E-state index in [1.807, 2.05) is 30.3 Å². The summed E-state index contributed by atoms with van der Waals surface area (Å²) in [5.74, 6) is 0.0520. The van der Waals surface area contributed by atoms with Crippen LogP contribution >= 0.6 is 0 Å². The number of ether oxygens (including phenoxy) is 1. The molecule has 7 nitrogen and oxygen atoms in total. The van der Waals surface area contributed by atoms with Crippen molar-refractivity contribution in [3.63, 3.8) is 0 Å². The second-order valence-electron chi connectivity index (χ2n) is 7.15. The van der Waals surface area contributed by atoms with Crippen molar-refractivity contribution in [2.45, 2.75) is 12.5 Å². The number of nitrogens with one attached hydrogen (secondary N) is 2. The van der Waals surface area contributed by atoms with Gasteiger partial charge in [-0.05, 0) is 41.0 Å². The summed E-state index contributed by atoms with van der Waals surface area (Å²) < 4.78 is 5.20. The molecule has 2 amide bonds. The number of benzene rings is 2. The zero-order valence-electron chi connectivity index (χ0n) is 16.6. The van der Waals surface area contributed by atoms with Gasteiger partial charge in [-0.15, -0.1) is 0 Å². The number of fused-ring (bicyclic) bond motifs is 1. The smallest absolute Gasteiger partial charge is 0.254 e. The lowest BCUT2D eigenvalue weighted by Crippen LogP contribution is -2.45. The summed E-state index contributed by atoms with van der Waals surface area (Å²) in [5.41, 5.74) is 3.40. The Balaban J connectivity index is 1.57. The van der Waals surface area contributed by atoms with Crippen LogP contribution in [0.3, 0.4) is 0 Å². The highest BCUT2D eigenvalue weighted by atomic mass is 16.5. The molecule has 30 heavy (non-hydrogen) atoms. The standard InChI is InChI=1S/C23H21N3O4/c1-26-20-8-7-17(30-2)13-18(20)22(28)25-19(23(26)29)11-14-3-5-15(6-4-14)16-9-10-24-21(27)12-16/h3-10,12-13,19H,11H2,1-2H3,(H,24,27)(H,25,28). The maximum Gasteiger partial charge on any atom is 0.254 e. The summed E-state index contributed by atoms with van der Waals surface area (Å²) in [6, 6.07) is 15.3. The van der Waals surface area contributed by atoms with Crippen molar-refractivity contribution >= 4 is 17.5 Å². The van der Waals surface area contributed by atoms with E-state index in [2.05, 4.69) is 10.3 Å². The zero-order valence-corrected chi connectivity index (χ0v) is 16.6. The van der Waals surface area contributed by atoms with Crippen molar-refractivity contribution in [2.75, 3.05) is 19.1 Å². The second kappa shape index (κ2) is 7.87. The molecule has 1 atom stereocenters. The molecule has 0 saturated carbocycles. The van der Waals surface area contributed by atoms with Gasteiger partial charge in [-0.3, -0.25) is 14.4 Å². The van der Waals surface area contributed by atoms with Gasteiger partial charge in [-0.2, -0.15) is 0 Å². The molecule has 1 aromatic heterocycles. The average Bonchev–Trinajstić information content (AvgIpc) is 2.85. The number of anilines is 1. The fourth-order valence-corrected chi connectivity index (χ4v) is 3.60. The number of carbonyl (C=O) groups is 2. The van der Waals surface area contributed by atoms with Gasteiger partial charge in [0.2, 0.25) is 11.5 Å². The van der Waals surface area contributed by atoms with Crippen molar-refractivity contribution in [3.8, 4) is 16.9 Å². The van der Waals surface area contributed by atoms with Crippen LogP contribution in [0.15, 0.2) is 65.6 Å². The lowest BCUT2D eigenvalue weighted by Gasteiger charge is -2.21. The van der Waals surface area contributed by atoms with Crippen LogP contribution in [0.4, 0.5) is 5.69 Å². The van der Waals surface area contributed by atoms with Crippen molar-refractivity contribution in [2.24, 2.45) is 0 Å². The Morgan fingerprint density at radius 1 is 0.967 bits per heavy atom. The van der Waals surface area contributed by atoms with Gasteiger partial charge in [-0.25, -0.2) is 0 Å². The molecular weight excluding hydrogens is 382 g/mol. The highest BCUT2D eigenvalue weighted by Gasteiger charge is 2.32. The number of nitrogens with zero attached hydrogens (tertiary/aromatic N) is 1. The summed E-state index contributed by atoms with van der Waals surface area (Å²) >= 11 is 0. The molecule has 3 aromatic rings. The summed E-state index contributed by atoms with van der Waals surface area (Å²) in [5, 5.41) is 2.84. The number of amides is 2. The molecule has 2 aromatic carbocycles. The highest BCUT2D eigenvalue weighted by Crippen LogP contribution is 2.28. The van der Waals surface area contributed by atoms with E-state index in [9.17, 15) is 14.4 Å². The molecule has 0 spiro atoms. The van der Waals surface area contributed by atoms with Gasteiger partial charge in [0, 0.05) is 25.7 Å². The van der Waals surface area contributed by atoms with Gasteiger partial charge in [0.15, 0.2) is 0 Å². The third-order valence-electron chi connectivity index (χ3n) is 5.25. The van der Waals surface area contributed by atoms with Crippen molar-refractivity contribution in [3.05, 3.63) is 82.3 Å². The Kier molecular flexibility index (Phi) is 5.10. The molecule has 2 heterocycles. The number of pyridine rings is 1. The molecule has 0 fully saturated rings. The molecule has 0 aliphatic carbocycles. The normalized spacial score (nSPS) is 15.9. The van der Waals surface area contributed by atoms with Crippen LogP contribution in [0.25, 0.3) is 11.1 Å². The van der Waals surface area contributed by atoms with E-state index in [1.54, 1.807) is 31.4 Å². The van der Waals surface area contributed by atoms with Gasteiger partial charge in [0.1, 0.15) is 11.8 Å². The molecule has 152 valence electrons. The number of likely N-dealkylation sites (N-methyl/N-ethyl adjacent to an activating group) is 1. The van der Waals surface area contributed by atoms with Crippen LogP contribution < -0.4 is 20.5 Å². The van der Waals surface area contributed by atoms with Crippen LogP contribution in [0.2, 0.25) is 0 Å². The number of hydrogen-bond donors (Lipinski definition) is 2. The number of H-pyrrole nitrogens is 1. The number of carbonyl (C=O) groups excluding carboxylic acids is 2. The maximum absolute atomic E-state index is 13.0. The maximum atomic E-state index is 13.0. The van der Waals surface area contributed by atoms with E-state index in [0.717, 1.165) is 16.7 Å². The number of aromatic nitrogens is 1. The summed E-state index contributed by atoms with van der Waals surface area (Å²) in [7, 11) is 3.19. The average molecular weight is 403 g/mol. The zero-order chi connectivity index (χ0) is 21.3. The second-order valence-corrected chi connectivity index (χ2v) is 7.15. The Morgan fingerprint density at radius 3 is 2.43 bits per heavy atom. The number of methoxy groups -OCH3 is 1. The number of rotatable bonds is 4. The van der Waals surface area contributed by atoms with Gasteiger partial charge in [-0.1, -0.05) is 24.3 Å². The predicted octanol–water partition coefficient (Wildman–Crippen LogP) is 2.37. The molecule has 1 aliphatic heterocycles. The van der Waals surface area contributed by atoms with Crippen LogP contribution in [0.5, 0.6) is 5.75 Å². The molecule has 2 N–H and O–H groups in total. The van der Waals surface area contributed by atoms with Gasteiger partial charge >= 0.3 is 0 Å². The quantitative estimate of drug-likeness (QED) is 0.700. The lowest BCUT2D eigenvalue weighted by molar-refractivity contribution is -0.120. The largest absolute Gasteiger partial charge is 0.497 e. The monoisotopic (exact) mass is 403 g/mol. The number of hydrogen-bond acceptors (Lipinski definition) is 4. The minimum absolute atomic E-state index is 0.164. The number of aromatic amines is 1. The fraction of sp³-hybridized carbons (Fsp3) is 0.174. The van der Waals surface area contributed by atoms with E-state index in [0.29, 0.717) is 23.4 Å². The molecule has 7 heteroatoms. The molecule has 4 rings (SSSR count). The minimum Gasteiger partial charge on any atom is -0.497 e. The van der Waals surface area contributed by atoms with E-state index >= 15 is 0 Å². The highest BCUT2D eigenvalue weighted by molar-refractivity contribution is 6.11. The van der Waals surface area contributed by atoms with Gasteiger partial charge < -0.3 is 19.9 Å². The third-order valence-corrected chi connectivity index (χ3v) is 5.25. The first-order valence-corrected chi connectivity index (χ1v) is 9.51. The first-order valence-electron chi connectivity index (χ1n) is 9.51. The first kappa shape index (κ1) is 19.4. The topological polar surface area (TPSA) is 91.5 Å². The van der Waals surface area contributed by atoms with Gasteiger partial charge in [0.05, 0.1) is 18.4 Å². The van der Waals surface area contributed by atoms with E-state index in [4.69, 9.17) is 4.74 Å². The molecular formula is C23H21N3O4. The van der Waals surface area contributed by atoms with Crippen LogP contribution in [-0.4, -0.2) is 37.0 Å². The molecule has 0 bridgehead atoms. The predicted molar refractivity (Wildman–Crippen MR) is 114 cm³/mol. The molecule has 0 saturated heterocycles. The fourth-order valence-electron chi connectivity index (χ4n) is 3.60. The lowest BCUT2D eigenvalue weighted by atomic mass is 10.0. The summed E-state index contributed by atoms with van der Waals surface area (Å²) in [6.07, 6.45) is 1.96. The first-order chi connectivity index (χ1) is 14.5. The van der Waals surface area contributed by atoms with Crippen LogP contribution in [0.1, 0.15) is 15.9 Å². The molecule has 1 aliphatic rings.